The van der Waals surface area contributed by atoms with Crippen molar-refractivity contribution in [1.82, 2.24) is 0 Å². The number of hydrogen-bond acceptors (Lipinski definition) is 3. The van der Waals surface area contributed by atoms with E-state index in [1.54, 1.807) is 6.07 Å². The molecule has 1 unspecified atom stereocenters. The highest BCUT2D eigenvalue weighted by Gasteiger charge is 2.47. The second kappa shape index (κ2) is 9.53. The number of aliphatic hydroxyl groups is 1. The van der Waals surface area contributed by atoms with Crippen LogP contribution in [0.5, 0.6) is 0 Å². The number of Topliss-reactive ketones (excluding diaryl/α,β-unsaturated/α-hetero) is 1. The van der Waals surface area contributed by atoms with E-state index in [1.165, 1.54) is 4.90 Å². The van der Waals surface area contributed by atoms with Crippen LogP contribution in [0.2, 0.25) is 0 Å². The van der Waals surface area contributed by atoms with Crippen LogP contribution in [-0.2, 0) is 20.4 Å². The van der Waals surface area contributed by atoms with E-state index in [0.717, 1.165) is 27.5 Å². The fourth-order valence-corrected chi connectivity index (χ4v) is 5.19. The molecule has 0 aromatic heterocycles. The summed E-state index contributed by atoms with van der Waals surface area (Å²) in [6.07, 6.45) is 0. The first-order valence-electron chi connectivity index (χ1n) is 13.4. The molecule has 1 saturated heterocycles. The molecule has 1 aliphatic heterocycles. The summed E-state index contributed by atoms with van der Waals surface area (Å²) in [6.45, 7) is 12.8. The van der Waals surface area contributed by atoms with Gasteiger partial charge in [0.25, 0.3) is 11.7 Å². The third-order valence-electron chi connectivity index (χ3n) is 7.57. The van der Waals surface area contributed by atoms with Crippen molar-refractivity contribution in [3.8, 4) is 0 Å². The highest BCUT2D eigenvalue weighted by atomic mass is 16.3. The van der Waals surface area contributed by atoms with Gasteiger partial charge in [0.1, 0.15) is 5.76 Å². The van der Waals surface area contributed by atoms with Gasteiger partial charge in [-0.05, 0) is 56.5 Å². The Labute approximate surface area is 230 Å². The number of nitrogens with zero attached hydrogens (tertiary/aromatic N) is 1. The van der Waals surface area contributed by atoms with Gasteiger partial charge in [0.05, 0.1) is 11.6 Å². The van der Waals surface area contributed by atoms with Crippen LogP contribution in [0.4, 0.5) is 5.69 Å². The third kappa shape index (κ3) is 4.87. The SMILES string of the molecule is CC(C)(C)c1ccc(C2/C(=C(/O)c3ccc4ccccc4c3)C(=O)C(=O)N2c2ccc(C(C)(C)C)cc2)cc1. The molecule has 1 heterocycles. The van der Waals surface area contributed by atoms with E-state index < -0.39 is 17.7 Å². The Morgan fingerprint density at radius 2 is 1.23 bits per heavy atom. The van der Waals surface area contributed by atoms with Crippen molar-refractivity contribution in [1.29, 1.82) is 0 Å². The van der Waals surface area contributed by atoms with Crippen LogP contribution in [0.15, 0.2) is 96.6 Å². The fraction of sp³-hybridized carbons (Fsp3) is 0.257. The molecular weight excluding hydrogens is 482 g/mol. The highest BCUT2D eigenvalue weighted by Crippen LogP contribution is 2.43. The fourth-order valence-electron chi connectivity index (χ4n) is 5.19. The van der Waals surface area contributed by atoms with Gasteiger partial charge >= 0.3 is 0 Å². The first kappa shape index (κ1) is 26.4. The second-order valence-electron chi connectivity index (χ2n) is 12.4. The lowest BCUT2D eigenvalue weighted by atomic mass is 9.85. The Morgan fingerprint density at radius 1 is 0.692 bits per heavy atom. The number of rotatable bonds is 3. The number of fused-ring (bicyclic) bond motifs is 1. The lowest BCUT2D eigenvalue weighted by Crippen LogP contribution is -2.29. The molecule has 39 heavy (non-hydrogen) atoms. The maximum Gasteiger partial charge on any atom is 0.300 e. The number of benzene rings is 4. The molecule has 1 atom stereocenters. The molecule has 4 aromatic rings. The Hall–Kier alpha value is -4.18. The molecule has 4 heteroatoms. The second-order valence-corrected chi connectivity index (χ2v) is 12.4. The quantitative estimate of drug-likeness (QED) is 0.170. The Kier molecular flexibility index (Phi) is 6.46. The summed E-state index contributed by atoms with van der Waals surface area (Å²) in [5.74, 6) is -1.51. The van der Waals surface area contributed by atoms with Crippen molar-refractivity contribution in [3.05, 3.63) is 119 Å². The van der Waals surface area contributed by atoms with Crippen molar-refractivity contribution in [2.45, 2.75) is 58.4 Å². The number of ketones is 1. The molecule has 4 aromatic carbocycles. The molecule has 198 valence electrons. The van der Waals surface area contributed by atoms with Gasteiger partial charge in [0.2, 0.25) is 0 Å². The van der Waals surface area contributed by atoms with Gasteiger partial charge < -0.3 is 5.11 Å². The van der Waals surface area contributed by atoms with E-state index in [2.05, 4.69) is 41.5 Å². The van der Waals surface area contributed by atoms with Crippen LogP contribution < -0.4 is 4.90 Å². The zero-order valence-electron chi connectivity index (χ0n) is 23.4. The standard InChI is InChI=1S/C35H35NO3/c1-34(2,3)26-15-13-23(14-16-26)30-29(31(37)25-12-11-22-9-7-8-10-24(22)21-25)32(38)33(39)36(30)28-19-17-27(18-20-28)35(4,5)6/h7-21,30,37H,1-6H3/b31-29-. The van der Waals surface area contributed by atoms with Crippen molar-refractivity contribution in [3.63, 3.8) is 0 Å². The molecule has 1 N–H and O–H groups in total. The van der Waals surface area contributed by atoms with E-state index in [4.69, 9.17) is 0 Å². The van der Waals surface area contributed by atoms with Gasteiger partial charge in [-0.2, -0.15) is 0 Å². The summed E-state index contributed by atoms with van der Waals surface area (Å²) in [6, 6.07) is 28.4. The zero-order valence-corrected chi connectivity index (χ0v) is 23.4. The van der Waals surface area contributed by atoms with Crippen LogP contribution in [0.1, 0.15) is 69.8 Å². The topological polar surface area (TPSA) is 57.6 Å². The molecule has 1 fully saturated rings. The van der Waals surface area contributed by atoms with Crippen LogP contribution in [0.3, 0.4) is 0 Å². The van der Waals surface area contributed by atoms with E-state index in [0.29, 0.717) is 11.3 Å². The summed E-state index contributed by atoms with van der Waals surface area (Å²) >= 11 is 0. The predicted octanol–water partition coefficient (Wildman–Crippen LogP) is 8.06. The summed E-state index contributed by atoms with van der Waals surface area (Å²) in [7, 11) is 0. The Morgan fingerprint density at radius 3 is 1.79 bits per heavy atom. The molecule has 0 saturated carbocycles. The zero-order chi connectivity index (χ0) is 28.1. The molecule has 4 nitrogen and oxygen atoms in total. The minimum atomic E-state index is -0.758. The van der Waals surface area contributed by atoms with E-state index >= 15 is 0 Å². The molecule has 0 aliphatic carbocycles. The van der Waals surface area contributed by atoms with E-state index in [1.807, 2.05) is 84.9 Å². The van der Waals surface area contributed by atoms with Crippen molar-refractivity contribution >= 4 is 33.9 Å². The van der Waals surface area contributed by atoms with Crippen molar-refractivity contribution in [2.75, 3.05) is 4.90 Å². The molecular formula is C35H35NO3. The number of carbonyl (C=O) groups excluding carboxylic acids is 2. The minimum absolute atomic E-state index is 0.0474. The summed E-state index contributed by atoms with van der Waals surface area (Å²) in [4.78, 5) is 28.7. The molecule has 0 spiro atoms. The van der Waals surface area contributed by atoms with Crippen molar-refractivity contribution in [2.24, 2.45) is 0 Å². The monoisotopic (exact) mass is 517 g/mol. The normalized spacial score (nSPS) is 17.7. The number of aliphatic hydroxyl groups excluding tert-OH is 1. The van der Waals surface area contributed by atoms with Crippen molar-refractivity contribution < 1.29 is 14.7 Å². The third-order valence-corrected chi connectivity index (χ3v) is 7.57. The summed E-state index contributed by atoms with van der Waals surface area (Å²) < 4.78 is 0. The van der Waals surface area contributed by atoms with Gasteiger partial charge in [0.15, 0.2) is 0 Å². The summed E-state index contributed by atoms with van der Waals surface area (Å²) in [5, 5.41) is 13.6. The maximum absolute atomic E-state index is 13.6. The van der Waals surface area contributed by atoms with Crippen LogP contribution in [0, 0.1) is 0 Å². The molecule has 0 bridgehead atoms. The summed E-state index contributed by atoms with van der Waals surface area (Å²) in [5.41, 5.74) is 4.17. The minimum Gasteiger partial charge on any atom is -0.507 e. The predicted molar refractivity (Wildman–Crippen MR) is 159 cm³/mol. The number of hydrogen-bond donors (Lipinski definition) is 1. The largest absolute Gasteiger partial charge is 0.507 e. The van der Waals surface area contributed by atoms with Gasteiger partial charge in [-0.1, -0.05) is 114 Å². The first-order valence-corrected chi connectivity index (χ1v) is 13.4. The first-order chi connectivity index (χ1) is 18.4. The highest BCUT2D eigenvalue weighted by molar-refractivity contribution is 6.51. The Bertz CT molecular complexity index is 1600. The number of anilines is 1. The smallest absolute Gasteiger partial charge is 0.300 e. The average molecular weight is 518 g/mol. The molecule has 0 radical (unpaired) electrons. The van der Waals surface area contributed by atoms with Gasteiger partial charge in [-0.3, -0.25) is 14.5 Å². The number of carbonyl (C=O) groups is 2. The molecule has 1 amide bonds. The van der Waals surface area contributed by atoms with Crippen LogP contribution in [-0.4, -0.2) is 16.8 Å². The van der Waals surface area contributed by atoms with E-state index in [9.17, 15) is 14.7 Å². The lowest BCUT2D eigenvalue weighted by Gasteiger charge is -2.27. The van der Waals surface area contributed by atoms with Gasteiger partial charge in [-0.25, -0.2) is 0 Å². The lowest BCUT2D eigenvalue weighted by molar-refractivity contribution is -0.132. The maximum atomic E-state index is 13.6. The number of amides is 1. The average Bonchev–Trinajstić information content (AvgIpc) is 3.17. The van der Waals surface area contributed by atoms with Crippen LogP contribution in [0.25, 0.3) is 16.5 Å². The van der Waals surface area contributed by atoms with E-state index in [-0.39, 0.29) is 22.2 Å². The van der Waals surface area contributed by atoms with Gasteiger partial charge in [0, 0.05) is 11.3 Å². The Balaban J connectivity index is 1.69. The molecule has 5 rings (SSSR count). The molecule has 1 aliphatic rings. The van der Waals surface area contributed by atoms with Crippen LogP contribution >= 0.6 is 0 Å². The van der Waals surface area contributed by atoms with Gasteiger partial charge in [-0.15, -0.1) is 0 Å².